The van der Waals surface area contributed by atoms with Gasteiger partial charge in [0.15, 0.2) is 0 Å². The minimum absolute atomic E-state index is 0.141. The maximum atomic E-state index is 14.4. The van der Waals surface area contributed by atoms with Gasteiger partial charge in [-0.05, 0) is 18.2 Å². The summed E-state index contributed by atoms with van der Waals surface area (Å²) in [5.74, 6) is -28.0. The average Bonchev–Trinajstić information content (AvgIpc) is 2.67. The van der Waals surface area contributed by atoms with E-state index in [2.05, 4.69) is 0 Å². The Kier molecular flexibility index (Phi) is 8.58. The Balaban J connectivity index is 3.63. The van der Waals surface area contributed by atoms with Gasteiger partial charge in [-0.15, -0.1) is 0 Å². The first kappa shape index (κ1) is 33.7. The van der Waals surface area contributed by atoms with Crippen LogP contribution in [0.1, 0.15) is 0 Å². The van der Waals surface area contributed by atoms with Gasteiger partial charge >= 0.3 is 48.4 Å². The number of anilines is 1. The highest BCUT2D eigenvalue weighted by Gasteiger charge is 2.85. The number of nitrogens with one attached hydrogen (secondary N) is 1. The Morgan fingerprint density at radius 1 is 0.684 bits per heavy atom. The molecule has 23 heteroatoms. The van der Waals surface area contributed by atoms with Crippen LogP contribution in [0.4, 0.5) is 84.7 Å². The minimum atomic E-state index is -8.12. The molecule has 0 aromatic heterocycles. The van der Waals surface area contributed by atoms with Crippen LogP contribution >= 0.6 is 11.6 Å². The van der Waals surface area contributed by atoms with E-state index < -0.39 is 70.8 Å². The van der Waals surface area contributed by atoms with Crippen molar-refractivity contribution in [2.24, 2.45) is 0 Å². The zero-order chi connectivity index (χ0) is 30.6. The molecule has 1 N–H and O–H groups in total. The van der Waals surface area contributed by atoms with Crippen molar-refractivity contribution in [3.8, 4) is 0 Å². The van der Waals surface area contributed by atoms with Crippen LogP contribution in [0.15, 0.2) is 18.2 Å². The molecule has 38 heavy (non-hydrogen) atoms. The fraction of sp³-hybridized carbons (Fsp3) is 0.533. The third-order valence-electron chi connectivity index (χ3n) is 3.83. The van der Waals surface area contributed by atoms with Gasteiger partial charge in [0.2, 0.25) is 0 Å². The molecular weight excluding hydrogens is 620 g/mol. The second kappa shape index (κ2) is 9.68. The molecule has 0 aliphatic carbocycles. The lowest BCUT2D eigenvalue weighted by Crippen LogP contribution is -2.68. The Hall–Kier alpha value is -2.36. The summed E-state index contributed by atoms with van der Waals surface area (Å²) < 4.78 is 238. The predicted octanol–water partition coefficient (Wildman–Crippen LogP) is 7.29. The summed E-state index contributed by atoms with van der Waals surface area (Å²) in [6.07, 6.45) is -38.9. The number of carbonyl (C=O) groups is 1. The molecule has 1 aromatic rings. The molecule has 0 bridgehead atoms. The first-order chi connectivity index (χ1) is 16.5. The van der Waals surface area contributed by atoms with Gasteiger partial charge < -0.3 is 5.32 Å². The van der Waals surface area contributed by atoms with Crippen molar-refractivity contribution in [3.05, 3.63) is 29.0 Å². The van der Waals surface area contributed by atoms with Crippen molar-refractivity contribution in [2.75, 3.05) is 5.32 Å². The number of hydrogen-bond acceptors (Lipinski definition) is 3. The molecule has 1 aromatic carbocycles. The SMILES string of the molecule is O=C(Nc1ccc(F)c(Cl)c1)C(F)(OC(F)(F)C(F)(OC(F)(F)C(F)(F)C(F)(F)F)C(F)(F)F)C(F)(F)F. The number of hydrogen-bond donors (Lipinski definition) is 1. The van der Waals surface area contributed by atoms with Crippen molar-refractivity contribution < 1.29 is 93.3 Å². The van der Waals surface area contributed by atoms with E-state index in [1.807, 2.05) is 4.74 Å². The van der Waals surface area contributed by atoms with Crippen LogP contribution < -0.4 is 5.32 Å². The monoisotopic (exact) mass is 623 g/mol. The molecule has 0 saturated carbocycles. The lowest BCUT2D eigenvalue weighted by Gasteiger charge is -2.40. The fourth-order valence-electron chi connectivity index (χ4n) is 1.95. The van der Waals surface area contributed by atoms with Crippen LogP contribution in [0.25, 0.3) is 0 Å². The van der Waals surface area contributed by atoms with Gasteiger partial charge in [-0.2, -0.15) is 74.6 Å². The lowest BCUT2D eigenvalue weighted by molar-refractivity contribution is -0.548. The lowest BCUT2D eigenvalue weighted by atomic mass is 10.2. The van der Waals surface area contributed by atoms with Crippen molar-refractivity contribution >= 4 is 23.2 Å². The molecule has 220 valence electrons. The second-order valence-corrected chi connectivity index (χ2v) is 6.99. The number of rotatable bonds is 8. The van der Waals surface area contributed by atoms with E-state index in [1.54, 1.807) is 0 Å². The topological polar surface area (TPSA) is 47.6 Å². The minimum Gasteiger partial charge on any atom is -0.321 e. The Labute approximate surface area is 200 Å². The van der Waals surface area contributed by atoms with Crippen molar-refractivity contribution in [1.82, 2.24) is 0 Å². The highest BCUT2D eigenvalue weighted by molar-refractivity contribution is 6.31. The summed E-state index contributed by atoms with van der Waals surface area (Å²) >= 11 is 5.15. The summed E-state index contributed by atoms with van der Waals surface area (Å²) in [6.45, 7) is 0. The van der Waals surface area contributed by atoms with Crippen molar-refractivity contribution in [1.29, 1.82) is 0 Å². The molecule has 2 unspecified atom stereocenters. The van der Waals surface area contributed by atoms with E-state index >= 15 is 0 Å². The van der Waals surface area contributed by atoms with Crippen LogP contribution in [0, 0.1) is 5.82 Å². The molecule has 0 aliphatic heterocycles. The van der Waals surface area contributed by atoms with E-state index in [-0.39, 0.29) is 18.2 Å². The van der Waals surface area contributed by atoms with E-state index in [1.165, 1.54) is 4.74 Å². The Morgan fingerprint density at radius 3 is 1.53 bits per heavy atom. The normalized spacial score (nSPS) is 17.6. The van der Waals surface area contributed by atoms with Crippen molar-refractivity contribution in [3.63, 3.8) is 0 Å². The smallest absolute Gasteiger partial charge is 0.321 e. The highest BCUT2D eigenvalue weighted by atomic mass is 35.5. The van der Waals surface area contributed by atoms with E-state index in [0.29, 0.717) is 5.32 Å². The molecule has 4 nitrogen and oxygen atoms in total. The van der Waals surface area contributed by atoms with Gasteiger partial charge in [0.25, 0.3) is 5.91 Å². The zero-order valence-electron chi connectivity index (χ0n) is 16.6. The number of ether oxygens (including phenoxy) is 2. The molecule has 1 amide bonds. The van der Waals surface area contributed by atoms with Crippen LogP contribution in [0.3, 0.4) is 0 Å². The highest BCUT2D eigenvalue weighted by Crippen LogP contribution is 2.56. The van der Waals surface area contributed by atoms with Gasteiger partial charge in [-0.25, -0.2) is 4.39 Å². The van der Waals surface area contributed by atoms with Crippen molar-refractivity contribution in [2.45, 2.75) is 48.4 Å². The molecule has 0 radical (unpaired) electrons. The summed E-state index contributed by atoms with van der Waals surface area (Å²) in [5.41, 5.74) is -1.24. The molecule has 0 spiro atoms. The van der Waals surface area contributed by atoms with E-state index in [0.717, 1.165) is 0 Å². The van der Waals surface area contributed by atoms with Gasteiger partial charge in [0.1, 0.15) is 5.82 Å². The quantitative estimate of drug-likeness (QED) is 0.310. The van der Waals surface area contributed by atoms with Gasteiger partial charge in [0.05, 0.1) is 5.02 Å². The summed E-state index contributed by atoms with van der Waals surface area (Å²) in [4.78, 5) is 11.6. The molecule has 0 aliphatic rings. The van der Waals surface area contributed by atoms with Crippen LogP contribution in [-0.2, 0) is 14.3 Å². The second-order valence-electron chi connectivity index (χ2n) is 6.58. The molecule has 2 atom stereocenters. The van der Waals surface area contributed by atoms with Gasteiger partial charge in [0, 0.05) is 5.69 Å². The molecule has 0 fully saturated rings. The van der Waals surface area contributed by atoms with Crippen LogP contribution in [0.2, 0.25) is 5.02 Å². The summed E-state index contributed by atoms with van der Waals surface area (Å²) in [7, 11) is 0. The Bertz CT molecular complexity index is 1040. The number of halogens is 19. The third-order valence-corrected chi connectivity index (χ3v) is 4.12. The summed E-state index contributed by atoms with van der Waals surface area (Å²) in [5, 5.41) is -0.406. The maximum Gasteiger partial charge on any atom is 0.462 e. The van der Waals surface area contributed by atoms with E-state index in [9.17, 15) is 83.8 Å². The maximum absolute atomic E-state index is 14.4. The number of alkyl halides is 17. The molecular formula is C15H4ClF18NO3. The summed E-state index contributed by atoms with van der Waals surface area (Å²) in [6, 6.07) is 0.599. The van der Waals surface area contributed by atoms with Crippen LogP contribution in [0.5, 0.6) is 0 Å². The first-order valence-electron chi connectivity index (χ1n) is 8.35. The largest absolute Gasteiger partial charge is 0.462 e. The molecule has 1 rings (SSSR count). The standard InChI is InChI=1S/C15H4ClF18NO3/c16-5-3-4(1-2-6(5)17)35-7(36)8(18,11(22,23)24)37-15(33,34)10(21,13(28,29)30)38-14(31,32)9(19,20)12(25,26)27/h1-3H,(H,35,36). The Morgan fingerprint density at radius 2 is 1.16 bits per heavy atom. The molecule has 0 saturated heterocycles. The average molecular weight is 624 g/mol. The number of benzene rings is 1. The fourth-order valence-corrected chi connectivity index (χ4v) is 2.13. The third kappa shape index (κ3) is 5.95. The molecule has 0 heterocycles. The van der Waals surface area contributed by atoms with Gasteiger partial charge in [-0.3, -0.25) is 14.3 Å². The van der Waals surface area contributed by atoms with Gasteiger partial charge in [-0.1, -0.05) is 11.6 Å². The zero-order valence-corrected chi connectivity index (χ0v) is 17.4. The first-order valence-corrected chi connectivity index (χ1v) is 8.73. The van der Waals surface area contributed by atoms with E-state index in [4.69, 9.17) is 11.6 Å². The van der Waals surface area contributed by atoms with Crippen LogP contribution in [-0.4, -0.2) is 54.3 Å². The predicted molar refractivity (Wildman–Crippen MR) is 82.9 cm³/mol. The number of amides is 1. The number of carbonyl (C=O) groups excluding carboxylic acids is 1.